The highest BCUT2D eigenvalue weighted by atomic mass is 19.4. The van der Waals surface area contributed by atoms with Gasteiger partial charge in [-0.15, -0.1) is 0 Å². The molecule has 1 atom stereocenters. The van der Waals surface area contributed by atoms with Crippen LogP contribution in [0.1, 0.15) is 29.9 Å². The van der Waals surface area contributed by atoms with Crippen LogP contribution in [-0.4, -0.2) is 24.5 Å². The first-order valence-electron chi connectivity index (χ1n) is 7.49. The predicted octanol–water partition coefficient (Wildman–Crippen LogP) is 4.24. The lowest BCUT2D eigenvalue weighted by molar-refractivity contribution is -0.137. The molecule has 2 aromatic rings. The number of carbonyl (C=O) groups is 1. The summed E-state index contributed by atoms with van der Waals surface area (Å²) in [6.07, 6.45) is -2.34. The number of carbonyl (C=O) groups excluding carboxylic acids is 1. The third-order valence-electron chi connectivity index (χ3n) is 3.83. The highest BCUT2D eigenvalue weighted by Gasteiger charge is 2.29. The number of alkyl halides is 3. The third kappa shape index (κ3) is 4.53. The van der Waals surface area contributed by atoms with Crippen molar-refractivity contribution >= 4 is 6.03 Å². The molecule has 1 heterocycles. The van der Waals surface area contributed by atoms with E-state index in [0.29, 0.717) is 18.7 Å². The molecule has 130 valence electrons. The Morgan fingerprint density at radius 2 is 1.92 bits per heavy atom. The Morgan fingerprint density at radius 3 is 2.46 bits per heavy atom. The largest absolute Gasteiger partial charge is 0.467 e. The summed E-state index contributed by atoms with van der Waals surface area (Å²) in [7, 11) is 1.65. The zero-order valence-electron chi connectivity index (χ0n) is 13.4. The summed E-state index contributed by atoms with van der Waals surface area (Å²) < 4.78 is 42.7. The van der Waals surface area contributed by atoms with Gasteiger partial charge in [0, 0.05) is 13.6 Å². The molecule has 7 heteroatoms. The maximum atomic E-state index is 12.5. The van der Waals surface area contributed by atoms with Crippen molar-refractivity contribution in [3.8, 4) is 0 Å². The lowest BCUT2D eigenvalue weighted by atomic mass is 10.1. The molecule has 4 nitrogen and oxygen atoms in total. The number of halogens is 3. The van der Waals surface area contributed by atoms with Crippen molar-refractivity contribution in [3.63, 3.8) is 0 Å². The van der Waals surface area contributed by atoms with E-state index in [1.165, 1.54) is 17.0 Å². The number of nitrogens with zero attached hydrogens (tertiary/aromatic N) is 1. The Morgan fingerprint density at radius 1 is 1.25 bits per heavy atom. The molecule has 0 fully saturated rings. The Bertz CT molecular complexity index is 651. The Hall–Kier alpha value is -2.44. The van der Waals surface area contributed by atoms with E-state index >= 15 is 0 Å². The van der Waals surface area contributed by atoms with E-state index in [2.05, 4.69) is 5.32 Å². The summed E-state index contributed by atoms with van der Waals surface area (Å²) in [5.74, 6) is 0.676. The second-order valence-electron chi connectivity index (χ2n) is 5.48. The molecule has 0 aliphatic rings. The van der Waals surface area contributed by atoms with Crippen molar-refractivity contribution in [3.05, 3.63) is 59.5 Å². The van der Waals surface area contributed by atoms with Gasteiger partial charge >= 0.3 is 12.2 Å². The molecule has 0 radical (unpaired) electrons. The van der Waals surface area contributed by atoms with Crippen LogP contribution in [0.2, 0.25) is 0 Å². The van der Waals surface area contributed by atoms with Crippen LogP contribution in [0.15, 0.2) is 47.1 Å². The van der Waals surface area contributed by atoms with Gasteiger partial charge in [0.1, 0.15) is 5.76 Å². The van der Waals surface area contributed by atoms with Gasteiger partial charge < -0.3 is 14.6 Å². The molecular weight excluding hydrogens is 321 g/mol. The van der Waals surface area contributed by atoms with E-state index in [1.807, 2.05) is 6.92 Å². The molecule has 0 aliphatic carbocycles. The molecule has 1 aromatic carbocycles. The van der Waals surface area contributed by atoms with Gasteiger partial charge in [0.05, 0.1) is 17.9 Å². The normalized spacial score (nSPS) is 12.7. The minimum Gasteiger partial charge on any atom is -0.467 e. The minimum atomic E-state index is -4.34. The third-order valence-corrected chi connectivity index (χ3v) is 3.83. The molecule has 1 unspecified atom stereocenters. The van der Waals surface area contributed by atoms with Crippen LogP contribution in [0.5, 0.6) is 0 Å². The van der Waals surface area contributed by atoms with Gasteiger partial charge in [-0.25, -0.2) is 4.79 Å². The minimum absolute atomic E-state index is 0.217. The maximum absolute atomic E-state index is 12.5. The smallest absolute Gasteiger partial charge is 0.416 e. The fourth-order valence-electron chi connectivity index (χ4n) is 2.19. The molecule has 0 spiro atoms. The van der Waals surface area contributed by atoms with E-state index in [9.17, 15) is 18.0 Å². The van der Waals surface area contributed by atoms with E-state index in [-0.39, 0.29) is 12.1 Å². The molecule has 1 N–H and O–H groups in total. The predicted molar refractivity (Wildman–Crippen MR) is 83.4 cm³/mol. The monoisotopic (exact) mass is 340 g/mol. The van der Waals surface area contributed by atoms with Gasteiger partial charge in [0.25, 0.3) is 0 Å². The number of benzene rings is 1. The average Bonchev–Trinajstić information content (AvgIpc) is 3.07. The molecule has 0 aliphatic heterocycles. The molecule has 0 saturated carbocycles. The molecular formula is C17H19F3N2O2. The summed E-state index contributed by atoms with van der Waals surface area (Å²) in [5, 5.41) is 2.74. The van der Waals surface area contributed by atoms with Gasteiger partial charge in [0.15, 0.2) is 0 Å². The topological polar surface area (TPSA) is 45.5 Å². The highest BCUT2D eigenvalue weighted by molar-refractivity contribution is 5.74. The summed E-state index contributed by atoms with van der Waals surface area (Å²) in [4.78, 5) is 13.6. The molecule has 2 amide bonds. The first-order chi connectivity index (χ1) is 11.3. The molecule has 1 aromatic heterocycles. The number of hydrogen-bond acceptors (Lipinski definition) is 2. The lowest BCUT2D eigenvalue weighted by Crippen LogP contribution is -2.39. The first kappa shape index (κ1) is 17.9. The van der Waals surface area contributed by atoms with Crippen molar-refractivity contribution in [2.45, 2.75) is 25.6 Å². The Kier molecular flexibility index (Phi) is 5.54. The van der Waals surface area contributed by atoms with Gasteiger partial charge in [-0.05, 0) is 43.2 Å². The summed E-state index contributed by atoms with van der Waals surface area (Å²) >= 11 is 0. The SMILES string of the molecule is CC(c1ccco1)N(C)C(=O)NCCc1ccc(C(F)(F)F)cc1. The average molecular weight is 340 g/mol. The highest BCUT2D eigenvalue weighted by Crippen LogP contribution is 2.29. The van der Waals surface area contributed by atoms with Crippen molar-refractivity contribution in [2.24, 2.45) is 0 Å². The molecule has 24 heavy (non-hydrogen) atoms. The summed E-state index contributed by atoms with van der Waals surface area (Å²) in [6, 6.07) is 7.98. The van der Waals surface area contributed by atoms with Crippen LogP contribution in [-0.2, 0) is 12.6 Å². The van der Waals surface area contributed by atoms with Gasteiger partial charge in [-0.1, -0.05) is 12.1 Å². The second kappa shape index (κ2) is 7.42. The molecule has 0 bridgehead atoms. The fraction of sp³-hybridized carbons (Fsp3) is 0.353. The van der Waals surface area contributed by atoms with Crippen LogP contribution < -0.4 is 5.32 Å². The Labute approximate surface area is 138 Å². The van der Waals surface area contributed by atoms with Crippen LogP contribution >= 0.6 is 0 Å². The van der Waals surface area contributed by atoms with E-state index in [0.717, 1.165) is 17.7 Å². The zero-order valence-corrected chi connectivity index (χ0v) is 13.4. The van der Waals surface area contributed by atoms with Gasteiger partial charge in [-0.2, -0.15) is 13.2 Å². The van der Waals surface area contributed by atoms with E-state index < -0.39 is 11.7 Å². The van der Waals surface area contributed by atoms with Crippen LogP contribution in [0, 0.1) is 0 Å². The second-order valence-corrected chi connectivity index (χ2v) is 5.48. The van der Waals surface area contributed by atoms with Gasteiger partial charge in [0.2, 0.25) is 0 Å². The zero-order chi connectivity index (χ0) is 17.7. The van der Waals surface area contributed by atoms with Crippen molar-refractivity contribution in [1.29, 1.82) is 0 Å². The van der Waals surface area contributed by atoms with Crippen LogP contribution in [0.4, 0.5) is 18.0 Å². The summed E-state index contributed by atoms with van der Waals surface area (Å²) in [6.45, 7) is 2.17. The van der Waals surface area contributed by atoms with Crippen molar-refractivity contribution < 1.29 is 22.4 Å². The Balaban J connectivity index is 1.82. The van der Waals surface area contributed by atoms with Crippen molar-refractivity contribution in [1.82, 2.24) is 10.2 Å². The number of rotatable bonds is 5. The number of amides is 2. The lowest BCUT2D eigenvalue weighted by Gasteiger charge is -2.23. The standard InChI is InChI=1S/C17H19F3N2O2/c1-12(15-4-3-11-24-15)22(2)16(23)21-10-9-13-5-7-14(8-6-13)17(18,19)20/h3-8,11-12H,9-10H2,1-2H3,(H,21,23). The van der Waals surface area contributed by atoms with Crippen LogP contribution in [0.25, 0.3) is 0 Å². The number of furan rings is 1. The molecule has 0 saturated heterocycles. The van der Waals surface area contributed by atoms with Gasteiger partial charge in [-0.3, -0.25) is 0 Å². The van der Waals surface area contributed by atoms with E-state index in [4.69, 9.17) is 4.42 Å². The van der Waals surface area contributed by atoms with Crippen LogP contribution in [0.3, 0.4) is 0 Å². The quantitative estimate of drug-likeness (QED) is 0.885. The molecule has 2 rings (SSSR count). The number of urea groups is 1. The number of nitrogens with one attached hydrogen (secondary N) is 1. The fourth-order valence-corrected chi connectivity index (χ4v) is 2.19. The summed E-state index contributed by atoms with van der Waals surface area (Å²) in [5.41, 5.74) is 0.0485. The maximum Gasteiger partial charge on any atom is 0.416 e. The first-order valence-corrected chi connectivity index (χ1v) is 7.49. The number of hydrogen-bond donors (Lipinski definition) is 1. The van der Waals surface area contributed by atoms with Crippen molar-refractivity contribution in [2.75, 3.05) is 13.6 Å². The van der Waals surface area contributed by atoms with E-state index in [1.54, 1.807) is 25.4 Å².